The first-order valence-corrected chi connectivity index (χ1v) is 8.96. The number of carbonyl (C=O) groups excluding carboxylic acids is 2. The third kappa shape index (κ3) is 3.86. The van der Waals surface area contributed by atoms with Gasteiger partial charge in [-0.1, -0.05) is 48.5 Å². The third-order valence-corrected chi connectivity index (χ3v) is 4.36. The zero-order valence-electron chi connectivity index (χ0n) is 15.0. The summed E-state index contributed by atoms with van der Waals surface area (Å²) in [6.07, 6.45) is 4.38. The summed E-state index contributed by atoms with van der Waals surface area (Å²) < 4.78 is 11.7. The van der Waals surface area contributed by atoms with Gasteiger partial charge in [-0.2, -0.15) is 5.10 Å². The Hall–Kier alpha value is -3.67. The summed E-state index contributed by atoms with van der Waals surface area (Å²) in [4.78, 5) is 23.5. The van der Waals surface area contributed by atoms with E-state index < -0.39 is 18.0 Å². The average molecular weight is 374 g/mol. The number of esters is 2. The van der Waals surface area contributed by atoms with E-state index in [0.717, 1.165) is 22.5 Å². The Morgan fingerprint density at radius 1 is 1.11 bits per heavy atom. The summed E-state index contributed by atoms with van der Waals surface area (Å²) in [6, 6.07) is 19.4. The number of hydrogen-bond acceptors (Lipinski definition) is 5. The number of carbonyl (C=O) groups is 2. The molecule has 1 aliphatic rings. The van der Waals surface area contributed by atoms with Gasteiger partial charge >= 0.3 is 11.9 Å². The fraction of sp³-hybridized carbons (Fsp3) is 0.136. The highest BCUT2D eigenvalue weighted by molar-refractivity contribution is 5.90. The van der Waals surface area contributed by atoms with Crippen molar-refractivity contribution in [1.29, 1.82) is 0 Å². The Kier molecular flexibility index (Phi) is 5.01. The Bertz CT molecular complexity index is 1010. The minimum absolute atomic E-state index is 0.280. The van der Waals surface area contributed by atoms with Gasteiger partial charge in [-0.3, -0.25) is 0 Å². The lowest BCUT2D eigenvalue weighted by Crippen LogP contribution is -2.21. The predicted octanol–water partition coefficient (Wildman–Crippen LogP) is 3.41. The zero-order valence-corrected chi connectivity index (χ0v) is 15.0. The van der Waals surface area contributed by atoms with E-state index in [1.807, 2.05) is 66.9 Å². The number of nitrogens with zero attached hydrogens (tertiary/aromatic N) is 2. The first-order valence-electron chi connectivity index (χ1n) is 8.96. The van der Waals surface area contributed by atoms with Gasteiger partial charge in [-0.05, 0) is 18.2 Å². The molecular weight excluding hydrogens is 356 g/mol. The summed E-state index contributed by atoms with van der Waals surface area (Å²) >= 11 is 0. The van der Waals surface area contributed by atoms with E-state index in [1.54, 1.807) is 10.8 Å². The van der Waals surface area contributed by atoms with Crippen LogP contribution in [0.2, 0.25) is 0 Å². The molecule has 1 saturated heterocycles. The van der Waals surface area contributed by atoms with Crippen molar-refractivity contribution in [2.24, 2.45) is 0 Å². The van der Waals surface area contributed by atoms with Gasteiger partial charge in [-0.15, -0.1) is 0 Å². The minimum atomic E-state index is -0.821. The normalized spacial score (nSPS) is 16.3. The summed E-state index contributed by atoms with van der Waals surface area (Å²) in [5.74, 6) is -1.08. The van der Waals surface area contributed by atoms with Crippen LogP contribution in [-0.2, 0) is 19.1 Å². The Balaban J connectivity index is 1.62. The first kappa shape index (κ1) is 17.7. The highest BCUT2D eigenvalue weighted by atomic mass is 16.6. The lowest BCUT2D eigenvalue weighted by molar-refractivity contribution is -0.156. The molecule has 0 unspecified atom stereocenters. The Labute approximate surface area is 162 Å². The van der Waals surface area contributed by atoms with Gasteiger partial charge in [0.25, 0.3) is 0 Å². The van der Waals surface area contributed by atoms with E-state index in [-0.39, 0.29) is 6.61 Å². The quantitative estimate of drug-likeness (QED) is 0.506. The van der Waals surface area contributed by atoms with Crippen molar-refractivity contribution in [2.45, 2.75) is 12.5 Å². The molecule has 2 heterocycles. The number of aromatic nitrogens is 2. The number of hydrogen-bond donors (Lipinski definition) is 0. The van der Waals surface area contributed by atoms with Gasteiger partial charge in [0.2, 0.25) is 6.10 Å². The van der Waals surface area contributed by atoms with Gasteiger partial charge in [0, 0.05) is 29.8 Å². The van der Waals surface area contributed by atoms with Crippen molar-refractivity contribution in [2.75, 3.05) is 6.61 Å². The molecule has 0 amide bonds. The second kappa shape index (κ2) is 7.92. The highest BCUT2D eigenvalue weighted by Crippen LogP contribution is 2.24. The number of para-hydroxylation sites is 1. The van der Waals surface area contributed by atoms with Crippen LogP contribution in [0.5, 0.6) is 0 Å². The number of rotatable bonds is 5. The van der Waals surface area contributed by atoms with E-state index >= 15 is 0 Å². The van der Waals surface area contributed by atoms with Gasteiger partial charge in [0.05, 0.1) is 18.0 Å². The number of benzene rings is 2. The molecule has 0 aliphatic carbocycles. The standard InChI is InChI=1S/C22H18N2O4/c25-20(28-19-13-14-27-22(19)26)12-11-17-15-24(18-9-5-2-6-10-18)23-21(17)16-7-3-1-4-8-16/h1-12,15,19H,13-14H2/b12-11+/t19-/m0/s1. The van der Waals surface area contributed by atoms with Crippen molar-refractivity contribution in [3.8, 4) is 16.9 Å². The largest absolute Gasteiger partial charge is 0.463 e. The second-order valence-corrected chi connectivity index (χ2v) is 6.29. The second-order valence-electron chi connectivity index (χ2n) is 6.29. The van der Waals surface area contributed by atoms with Crippen molar-refractivity contribution >= 4 is 18.0 Å². The molecule has 2 aromatic carbocycles. The zero-order chi connectivity index (χ0) is 19.3. The summed E-state index contributed by atoms with van der Waals surface area (Å²) in [5, 5.41) is 4.68. The van der Waals surface area contributed by atoms with Crippen molar-refractivity contribution in [3.05, 3.63) is 78.5 Å². The van der Waals surface area contributed by atoms with Gasteiger partial charge in [0.1, 0.15) is 0 Å². The van der Waals surface area contributed by atoms with E-state index in [0.29, 0.717) is 6.42 Å². The molecule has 6 nitrogen and oxygen atoms in total. The molecule has 3 aromatic rings. The molecule has 0 spiro atoms. The van der Waals surface area contributed by atoms with Crippen LogP contribution in [0.3, 0.4) is 0 Å². The van der Waals surface area contributed by atoms with Crippen LogP contribution in [0, 0.1) is 0 Å². The monoisotopic (exact) mass is 374 g/mol. The van der Waals surface area contributed by atoms with Crippen molar-refractivity contribution < 1.29 is 19.1 Å². The van der Waals surface area contributed by atoms with E-state index in [2.05, 4.69) is 5.10 Å². The first-order chi connectivity index (χ1) is 13.7. The average Bonchev–Trinajstić information content (AvgIpc) is 3.34. The van der Waals surface area contributed by atoms with Crippen LogP contribution >= 0.6 is 0 Å². The Morgan fingerprint density at radius 3 is 2.50 bits per heavy atom. The lowest BCUT2D eigenvalue weighted by atomic mass is 10.1. The number of cyclic esters (lactones) is 1. The van der Waals surface area contributed by atoms with E-state index in [9.17, 15) is 9.59 Å². The molecule has 0 radical (unpaired) electrons. The van der Waals surface area contributed by atoms with E-state index in [1.165, 1.54) is 6.08 Å². The molecule has 28 heavy (non-hydrogen) atoms. The maximum absolute atomic E-state index is 12.1. The molecule has 0 N–H and O–H groups in total. The number of ether oxygens (including phenoxy) is 2. The fourth-order valence-electron chi connectivity index (χ4n) is 2.96. The van der Waals surface area contributed by atoms with Crippen LogP contribution in [0.1, 0.15) is 12.0 Å². The topological polar surface area (TPSA) is 70.4 Å². The highest BCUT2D eigenvalue weighted by Gasteiger charge is 2.29. The maximum Gasteiger partial charge on any atom is 0.347 e. The minimum Gasteiger partial charge on any atom is -0.463 e. The summed E-state index contributed by atoms with van der Waals surface area (Å²) in [5.41, 5.74) is 3.36. The molecular formula is C22H18N2O4. The van der Waals surface area contributed by atoms with Crippen molar-refractivity contribution in [3.63, 3.8) is 0 Å². The lowest BCUT2D eigenvalue weighted by Gasteiger charge is -2.05. The molecule has 0 saturated carbocycles. The van der Waals surface area contributed by atoms with Crippen LogP contribution in [0.15, 0.2) is 72.9 Å². The Morgan fingerprint density at radius 2 is 1.82 bits per heavy atom. The van der Waals surface area contributed by atoms with E-state index in [4.69, 9.17) is 9.47 Å². The molecule has 6 heteroatoms. The molecule has 140 valence electrons. The van der Waals surface area contributed by atoms with Gasteiger partial charge < -0.3 is 9.47 Å². The van der Waals surface area contributed by atoms with Crippen molar-refractivity contribution in [1.82, 2.24) is 9.78 Å². The molecule has 1 aliphatic heterocycles. The van der Waals surface area contributed by atoms with Gasteiger partial charge in [-0.25, -0.2) is 14.3 Å². The molecule has 1 aromatic heterocycles. The SMILES string of the molecule is O=C(/C=C/c1cn(-c2ccccc2)nc1-c1ccccc1)O[C@H]1CCOC1=O. The summed E-state index contributed by atoms with van der Waals surface area (Å²) in [6.45, 7) is 0.280. The molecule has 1 atom stereocenters. The van der Waals surface area contributed by atoms with Crippen LogP contribution in [0.4, 0.5) is 0 Å². The smallest absolute Gasteiger partial charge is 0.347 e. The maximum atomic E-state index is 12.1. The van der Waals surface area contributed by atoms with Crippen LogP contribution in [0.25, 0.3) is 23.0 Å². The van der Waals surface area contributed by atoms with Crippen LogP contribution < -0.4 is 0 Å². The molecule has 4 rings (SSSR count). The predicted molar refractivity (Wildman–Crippen MR) is 103 cm³/mol. The fourth-order valence-corrected chi connectivity index (χ4v) is 2.96. The molecule has 1 fully saturated rings. The van der Waals surface area contributed by atoms with Crippen LogP contribution in [-0.4, -0.2) is 34.4 Å². The third-order valence-electron chi connectivity index (χ3n) is 4.36. The van der Waals surface area contributed by atoms with Gasteiger partial charge in [0.15, 0.2) is 0 Å². The molecule has 0 bridgehead atoms. The summed E-state index contributed by atoms with van der Waals surface area (Å²) in [7, 11) is 0.